The van der Waals surface area contributed by atoms with Crippen molar-refractivity contribution >= 4 is 28.3 Å². The number of hydrogen-bond acceptors (Lipinski definition) is 10. The summed E-state index contributed by atoms with van der Waals surface area (Å²) < 4.78 is 64.5. The third-order valence-electron chi connectivity index (χ3n) is 4.87. The number of aliphatic hydroxyl groups excluding tert-OH is 1. The minimum atomic E-state index is -4.84. The molecule has 2 heterocycles. The molecule has 17 heteroatoms. The molecule has 0 radical (unpaired) electrons. The quantitative estimate of drug-likeness (QED) is 0.180. The van der Waals surface area contributed by atoms with Gasteiger partial charge >= 0.3 is 15.6 Å². The number of halogens is 1. The van der Waals surface area contributed by atoms with E-state index in [0.29, 0.717) is 0 Å². The Labute approximate surface area is 170 Å². The lowest BCUT2D eigenvalue weighted by molar-refractivity contribution is -0.0255. The van der Waals surface area contributed by atoms with Crippen LogP contribution >= 0.6 is 15.6 Å². The van der Waals surface area contributed by atoms with Crippen molar-refractivity contribution in [2.45, 2.75) is 49.3 Å². The molecular weight excluding hydrogens is 453 g/mol. The topological polar surface area (TPSA) is 218 Å². The molecular formula is C13H23FN4O10P2. The average Bonchev–Trinajstić information content (AvgIpc) is 3.10. The molecule has 2 saturated heterocycles. The van der Waals surface area contributed by atoms with E-state index in [2.05, 4.69) is 9.98 Å². The van der Waals surface area contributed by atoms with E-state index in [1.807, 2.05) is 0 Å². The van der Waals surface area contributed by atoms with Gasteiger partial charge in [-0.2, -0.15) is 0 Å². The van der Waals surface area contributed by atoms with Crippen LogP contribution in [0.2, 0.25) is 0 Å². The zero-order chi connectivity index (χ0) is 22.1. The highest BCUT2D eigenvalue weighted by atomic mass is 31.2. The number of aliphatic hydroxyl groups is 1. The molecule has 0 amide bonds. The van der Waals surface area contributed by atoms with Crippen LogP contribution in [0.1, 0.15) is 6.42 Å². The molecule has 3 fully saturated rings. The van der Waals surface area contributed by atoms with E-state index in [1.165, 1.54) is 0 Å². The number of phosphoric acid groups is 2. The minimum Gasteiger partial charge on any atom is -0.390 e. The van der Waals surface area contributed by atoms with Crippen molar-refractivity contribution in [2.24, 2.45) is 27.4 Å². The summed E-state index contributed by atoms with van der Waals surface area (Å²) >= 11 is 0. The van der Waals surface area contributed by atoms with E-state index in [0.717, 1.165) is 12.7 Å². The van der Waals surface area contributed by atoms with Crippen LogP contribution in [-0.4, -0.2) is 83.6 Å². The van der Waals surface area contributed by atoms with Gasteiger partial charge in [-0.15, -0.1) is 0 Å². The monoisotopic (exact) mass is 476 g/mol. The molecule has 7 N–H and O–H groups in total. The Morgan fingerprint density at radius 3 is 2.23 bits per heavy atom. The molecule has 2 bridgehead atoms. The lowest BCUT2D eigenvalue weighted by Crippen LogP contribution is -2.36. The summed E-state index contributed by atoms with van der Waals surface area (Å²) in [5.74, 6) is -1.02. The van der Waals surface area contributed by atoms with Gasteiger partial charge in [0, 0.05) is 5.92 Å². The summed E-state index contributed by atoms with van der Waals surface area (Å²) in [4.78, 5) is 27.5. The molecule has 3 rings (SSSR count). The Morgan fingerprint density at radius 2 is 1.60 bits per heavy atom. The summed E-state index contributed by atoms with van der Waals surface area (Å²) in [5, 5.41) is 10.3. The molecule has 14 nitrogen and oxygen atoms in total. The molecule has 0 aromatic rings. The smallest absolute Gasteiger partial charge is 0.390 e. The summed E-state index contributed by atoms with van der Waals surface area (Å²) in [6.45, 7) is -1.33. The SMILES string of the molecule is NC=N[C@@H]1O[C@@H]2COP(=O)(O)OC3C(F)[C@@H](COP(=O)(O)OC2C1O)C[C@H]3N=CN. The summed E-state index contributed by atoms with van der Waals surface area (Å²) in [7, 11) is -9.65. The fourth-order valence-electron chi connectivity index (χ4n) is 3.52. The number of phosphoric ester groups is 2. The highest BCUT2D eigenvalue weighted by molar-refractivity contribution is 7.47. The van der Waals surface area contributed by atoms with E-state index in [4.69, 9.17) is 34.3 Å². The molecule has 2 aliphatic heterocycles. The maximum atomic E-state index is 14.8. The van der Waals surface area contributed by atoms with Crippen molar-refractivity contribution in [3.8, 4) is 0 Å². The highest BCUT2D eigenvalue weighted by Crippen LogP contribution is 2.53. The van der Waals surface area contributed by atoms with Crippen molar-refractivity contribution in [3.05, 3.63) is 0 Å². The van der Waals surface area contributed by atoms with Crippen LogP contribution in [0, 0.1) is 5.92 Å². The third-order valence-corrected chi connectivity index (χ3v) is 6.84. The van der Waals surface area contributed by atoms with Crippen molar-refractivity contribution in [3.63, 3.8) is 0 Å². The molecule has 1 aliphatic carbocycles. The second-order valence-electron chi connectivity index (χ2n) is 6.83. The molecule has 6 unspecified atom stereocenters. The number of nitrogens with zero attached hydrogens (tertiary/aromatic N) is 2. The lowest BCUT2D eigenvalue weighted by atomic mass is 10.1. The van der Waals surface area contributed by atoms with E-state index in [-0.39, 0.29) is 6.42 Å². The Balaban J connectivity index is 1.88. The standard InChI is InChI=1S/C13H23FN4O10P2/c14-9-6-1-7(17-4-15)11(9)27-30(22,23)25-3-8-12(28-29(20,21)24-2-6)10(19)13(26-8)18-5-16/h4-13,19H,1-3H2,(H2,15,17)(H2,16,18)(H,20,21)(H,22,23)/t6-,7-,8-,9?,10?,11?,12?,13-/m1/s1. The van der Waals surface area contributed by atoms with E-state index >= 15 is 0 Å². The van der Waals surface area contributed by atoms with E-state index in [1.54, 1.807) is 0 Å². The summed E-state index contributed by atoms with van der Waals surface area (Å²) in [6.07, 6.45) is -7.48. The number of alkyl halides is 1. The number of nitrogens with two attached hydrogens (primary N) is 2. The molecule has 1 saturated carbocycles. The van der Waals surface area contributed by atoms with Gasteiger partial charge in [0.2, 0.25) is 0 Å². The molecule has 0 aromatic heterocycles. The second kappa shape index (κ2) is 9.25. The lowest BCUT2D eigenvalue weighted by Gasteiger charge is -2.24. The van der Waals surface area contributed by atoms with Crippen LogP contribution < -0.4 is 11.5 Å². The normalized spacial score (nSPS) is 50.8. The van der Waals surface area contributed by atoms with E-state index in [9.17, 15) is 28.4 Å². The maximum absolute atomic E-state index is 14.8. The van der Waals surface area contributed by atoms with Crippen LogP contribution in [0.15, 0.2) is 9.98 Å². The fraction of sp³-hybridized carbons (Fsp3) is 0.846. The average molecular weight is 476 g/mol. The molecule has 3 aliphatic rings. The van der Waals surface area contributed by atoms with Gasteiger partial charge in [0.25, 0.3) is 0 Å². The second-order valence-corrected chi connectivity index (χ2v) is 9.64. The van der Waals surface area contributed by atoms with Gasteiger partial charge in [-0.1, -0.05) is 0 Å². The van der Waals surface area contributed by atoms with Crippen molar-refractivity contribution in [1.82, 2.24) is 0 Å². The molecule has 0 spiro atoms. The zero-order valence-corrected chi connectivity index (χ0v) is 17.2. The predicted molar refractivity (Wildman–Crippen MR) is 98.1 cm³/mol. The minimum absolute atomic E-state index is 0.0510. The molecule has 0 aromatic carbocycles. The molecule has 30 heavy (non-hydrogen) atoms. The first-order valence-corrected chi connectivity index (χ1v) is 11.8. The van der Waals surface area contributed by atoms with Crippen LogP contribution in [0.25, 0.3) is 0 Å². The van der Waals surface area contributed by atoms with Gasteiger partial charge in [-0.3, -0.25) is 23.1 Å². The Morgan fingerprint density at radius 1 is 1.00 bits per heavy atom. The Hall–Kier alpha value is -0.990. The van der Waals surface area contributed by atoms with Crippen molar-refractivity contribution in [2.75, 3.05) is 13.2 Å². The van der Waals surface area contributed by atoms with Gasteiger partial charge in [0.1, 0.15) is 30.6 Å². The van der Waals surface area contributed by atoms with Crippen LogP contribution in [-0.2, 0) is 32.0 Å². The van der Waals surface area contributed by atoms with E-state index < -0.39 is 77.6 Å². The number of fused-ring (bicyclic) bond motifs is 3. The highest BCUT2D eigenvalue weighted by Gasteiger charge is 2.52. The Kier molecular flexibility index (Phi) is 7.30. The Bertz CT molecular complexity index is 774. The predicted octanol–water partition coefficient (Wildman–Crippen LogP) is -1.21. The van der Waals surface area contributed by atoms with Crippen molar-refractivity contribution in [1.29, 1.82) is 0 Å². The third kappa shape index (κ3) is 5.25. The summed E-state index contributed by atoms with van der Waals surface area (Å²) in [5.41, 5.74) is 10.4. The number of rotatable bonds is 2. The van der Waals surface area contributed by atoms with Gasteiger partial charge in [-0.05, 0) is 6.42 Å². The zero-order valence-electron chi connectivity index (χ0n) is 15.4. The first kappa shape index (κ1) is 23.7. The molecule has 172 valence electrons. The first-order valence-electron chi connectivity index (χ1n) is 8.82. The largest absolute Gasteiger partial charge is 0.472 e. The van der Waals surface area contributed by atoms with Gasteiger partial charge < -0.3 is 31.1 Å². The first-order chi connectivity index (χ1) is 14.1. The van der Waals surface area contributed by atoms with Crippen molar-refractivity contribution < 1.29 is 51.2 Å². The van der Waals surface area contributed by atoms with Gasteiger partial charge in [-0.25, -0.2) is 18.5 Å². The van der Waals surface area contributed by atoms with Gasteiger partial charge in [0.05, 0.1) is 31.9 Å². The van der Waals surface area contributed by atoms with Gasteiger partial charge in [0.15, 0.2) is 6.23 Å². The maximum Gasteiger partial charge on any atom is 0.472 e. The van der Waals surface area contributed by atoms with Crippen LogP contribution in [0.4, 0.5) is 4.39 Å². The fourth-order valence-corrected chi connectivity index (χ4v) is 5.49. The molecule has 10 atom stereocenters. The van der Waals surface area contributed by atoms with Crippen LogP contribution in [0.5, 0.6) is 0 Å². The van der Waals surface area contributed by atoms with Crippen LogP contribution in [0.3, 0.4) is 0 Å². The number of hydrogen-bond donors (Lipinski definition) is 5. The summed E-state index contributed by atoms with van der Waals surface area (Å²) in [6, 6.07) is -0.954. The number of aliphatic imine (C=N–C) groups is 2. The number of ether oxygens (including phenoxy) is 1.